The highest BCUT2D eigenvalue weighted by Gasteiger charge is 2.17. The van der Waals surface area contributed by atoms with Gasteiger partial charge in [-0.2, -0.15) is 0 Å². The first-order valence-electron chi connectivity index (χ1n) is 7.62. The molecular formula is C16H27N3O. The summed E-state index contributed by atoms with van der Waals surface area (Å²) in [5, 5.41) is 3.49. The van der Waals surface area contributed by atoms with E-state index in [2.05, 4.69) is 42.2 Å². The second-order valence-corrected chi connectivity index (χ2v) is 5.98. The quantitative estimate of drug-likeness (QED) is 0.866. The van der Waals surface area contributed by atoms with E-state index >= 15 is 0 Å². The molecule has 0 bridgehead atoms. The van der Waals surface area contributed by atoms with Crippen molar-refractivity contribution in [1.82, 2.24) is 10.3 Å². The molecule has 0 amide bonds. The summed E-state index contributed by atoms with van der Waals surface area (Å²) in [5.41, 5.74) is 2.57. The van der Waals surface area contributed by atoms with E-state index in [9.17, 15) is 0 Å². The zero-order chi connectivity index (χ0) is 14.4. The van der Waals surface area contributed by atoms with E-state index in [0.29, 0.717) is 6.04 Å². The van der Waals surface area contributed by atoms with Crippen molar-refractivity contribution in [2.45, 2.75) is 39.3 Å². The third-order valence-electron chi connectivity index (χ3n) is 3.87. The van der Waals surface area contributed by atoms with Gasteiger partial charge in [0, 0.05) is 45.6 Å². The molecule has 0 aromatic carbocycles. The molecule has 0 spiro atoms. The molecule has 1 saturated heterocycles. The molecule has 2 heterocycles. The van der Waals surface area contributed by atoms with Gasteiger partial charge in [-0.25, -0.2) is 0 Å². The van der Waals surface area contributed by atoms with E-state index in [1.165, 1.54) is 24.1 Å². The minimum atomic E-state index is 0.497. The van der Waals surface area contributed by atoms with Crippen molar-refractivity contribution in [3.63, 3.8) is 0 Å². The van der Waals surface area contributed by atoms with Crippen LogP contribution in [0.3, 0.4) is 0 Å². The fourth-order valence-electron chi connectivity index (χ4n) is 2.64. The predicted molar refractivity (Wildman–Crippen MR) is 83.0 cm³/mol. The molecule has 2 rings (SSSR count). The van der Waals surface area contributed by atoms with E-state index in [0.717, 1.165) is 32.2 Å². The maximum Gasteiger partial charge on any atom is 0.0595 e. The summed E-state index contributed by atoms with van der Waals surface area (Å²) in [6, 6.07) is 2.61. The fraction of sp³-hybridized carbons (Fsp3) is 0.688. The average Bonchev–Trinajstić information content (AvgIpc) is 2.46. The van der Waals surface area contributed by atoms with Crippen LogP contribution in [0.1, 0.15) is 32.3 Å². The molecule has 1 aliphatic rings. The summed E-state index contributed by atoms with van der Waals surface area (Å²) in [5.74, 6) is 0.736. The van der Waals surface area contributed by atoms with Crippen LogP contribution < -0.4 is 10.2 Å². The summed E-state index contributed by atoms with van der Waals surface area (Å²) in [6.07, 6.45) is 6.20. The molecule has 0 atom stereocenters. The molecule has 0 aliphatic carbocycles. The molecule has 20 heavy (non-hydrogen) atoms. The van der Waals surface area contributed by atoms with Gasteiger partial charge in [-0.3, -0.25) is 4.98 Å². The smallest absolute Gasteiger partial charge is 0.0595 e. The van der Waals surface area contributed by atoms with Gasteiger partial charge in [-0.15, -0.1) is 0 Å². The van der Waals surface area contributed by atoms with Crippen molar-refractivity contribution in [2.24, 2.45) is 5.92 Å². The Labute approximate surface area is 122 Å². The second-order valence-electron chi connectivity index (χ2n) is 5.98. The van der Waals surface area contributed by atoms with Crippen molar-refractivity contribution in [3.8, 4) is 0 Å². The molecule has 1 N–H and O–H groups in total. The van der Waals surface area contributed by atoms with Crippen LogP contribution in [0.15, 0.2) is 18.5 Å². The normalized spacial score (nSPS) is 16.6. The first-order chi connectivity index (χ1) is 9.66. The van der Waals surface area contributed by atoms with Crippen LogP contribution in [0, 0.1) is 5.92 Å². The van der Waals surface area contributed by atoms with Crippen molar-refractivity contribution in [2.75, 3.05) is 31.7 Å². The van der Waals surface area contributed by atoms with E-state index in [-0.39, 0.29) is 0 Å². The number of rotatable bonds is 6. The van der Waals surface area contributed by atoms with Crippen LogP contribution in [-0.4, -0.2) is 37.8 Å². The van der Waals surface area contributed by atoms with Gasteiger partial charge in [0.1, 0.15) is 0 Å². The van der Waals surface area contributed by atoms with Crippen LogP contribution in [0.25, 0.3) is 0 Å². The molecule has 112 valence electrons. The summed E-state index contributed by atoms with van der Waals surface area (Å²) in [4.78, 5) is 6.64. The monoisotopic (exact) mass is 277 g/mol. The van der Waals surface area contributed by atoms with Crippen molar-refractivity contribution >= 4 is 5.69 Å². The maximum absolute atomic E-state index is 5.43. The largest absolute Gasteiger partial charge is 0.381 e. The second kappa shape index (κ2) is 7.60. The number of ether oxygens (including phenoxy) is 1. The van der Waals surface area contributed by atoms with E-state index in [4.69, 9.17) is 4.74 Å². The van der Waals surface area contributed by atoms with Crippen LogP contribution in [-0.2, 0) is 11.3 Å². The lowest BCUT2D eigenvalue weighted by Crippen LogP contribution is -2.31. The average molecular weight is 277 g/mol. The van der Waals surface area contributed by atoms with Gasteiger partial charge in [0.15, 0.2) is 0 Å². The summed E-state index contributed by atoms with van der Waals surface area (Å²) in [6.45, 7) is 8.15. The molecular weight excluding hydrogens is 250 g/mol. The number of aromatic nitrogens is 1. The molecule has 1 aromatic rings. The van der Waals surface area contributed by atoms with Crippen LogP contribution in [0.2, 0.25) is 0 Å². The summed E-state index contributed by atoms with van der Waals surface area (Å²) in [7, 11) is 2.17. The molecule has 4 heteroatoms. The van der Waals surface area contributed by atoms with Crippen LogP contribution in [0.5, 0.6) is 0 Å². The third-order valence-corrected chi connectivity index (χ3v) is 3.87. The third kappa shape index (κ3) is 4.46. The Morgan fingerprint density at radius 2 is 2.15 bits per heavy atom. The molecule has 1 aromatic heterocycles. The van der Waals surface area contributed by atoms with Gasteiger partial charge >= 0.3 is 0 Å². The molecule has 1 fully saturated rings. The van der Waals surface area contributed by atoms with Crippen molar-refractivity contribution in [3.05, 3.63) is 24.0 Å². The zero-order valence-electron chi connectivity index (χ0n) is 12.9. The Balaban J connectivity index is 1.98. The first kappa shape index (κ1) is 15.3. The van der Waals surface area contributed by atoms with Crippen molar-refractivity contribution < 1.29 is 4.74 Å². The zero-order valence-corrected chi connectivity index (χ0v) is 12.9. The molecule has 4 nitrogen and oxygen atoms in total. The van der Waals surface area contributed by atoms with E-state index in [1.54, 1.807) is 0 Å². The number of pyridine rings is 1. The lowest BCUT2D eigenvalue weighted by Gasteiger charge is -2.29. The number of nitrogens with one attached hydrogen (secondary N) is 1. The highest BCUT2D eigenvalue weighted by atomic mass is 16.5. The first-order valence-corrected chi connectivity index (χ1v) is 7.62. The van der Waals surface area contributed by atoms with Crippen molar-refractivity contribution in [1.29, 1.82) is 0 Å². The standard InChI is InChI=1S/C16H27N3O/c1-13(2)18-10-15-4-7-17-11-16(15)19(3)12-14-5-8-20-9-6-14/h4,7,11,13-14,18H,5-6,8-10,12H2,1-3H3. The lowest BCUT2D eigenvalue weighted by atomic mass is 9.99. The van der Waals surface area contributed by atoms with Gasteiger partial charge in [0.2, 0.25) is 0 Å². The van der Waals surface area contributed by atoms with Gasteiger partial charge in [0.05, 0.1) is 11.9 Å². The van der Waals surface area contributed by atoms with Gasteiger partial charge in [0.25, 0.3) is 0 Å². The highest BCUT2D eigenvalue weighted by molar-refractivity contribution is 5.51. The Morgan fingerprint density at radius 3 is 2.85 bits per heavy atom. The molecule has 1 aliphatic heterocycles. The Bertz CT molecular complexity index is 402. The summed E-state index contributed by atoms with van der Waals surface area (Å²) >= 11 is 0. The highest BCUT2D eigenvalue weighted by Crippen LogP contribution is 2.22. The van der Waals surface area contributed by atoms with Gasteiger partial charge in [-0.1, -0.05) is 13.8 Å². The van der Waals surface area contributed by atoms with E-state index in [1.807, 2.05) is 12.4 Å². The summed E-state index contributed by atoms with van der Waals surface area (Å²) < 4.78 is 5.43. The molecule has 0 radical (unpaired) electrons. The van der Waals surface area contributed by atoms with Gasteiger partial charge < -0.3 is 15.0 Å². The predicted octanol–water partition coefficient (Wildman–Crippen LogP) is 2.44. The number of hydrogen-bond acceptors (Lipinski definition) is 4. The van der Waals surface area contributed by atoms with E-state index < -0.39 is 0 Å². The number of hydrogen-bond donors (Lipinski definition) is 1. The number of nitrogens with zero attached hydrogens (tertiary/aromatic N) is 2. The Kier molecular flexibility index (Phi) is 5.80. The van der Waals surface area contributed by atoms with Crippen LogP contribution >= 0.6 is 0 Å². The lowest BCUT2D eigenvalue weighted by molar-refractivity contribution is 0.0685. The van der Waals surface area contributed by atoms with Gasteiger partial charge in [-0.05, 0) is 30.4 Å². The maximum atomic E-state index is 5.43. The minimum absolute atomic E-state index is 0.497. The SMILES string of the molecule is CC(C)NCc1ccncc1N(C)CC1CCOCC1. The molecule has 0 unspecified atom stereocenters. The Hall–Kier alpha value is -1.13. The number of anilines is 1. The van der Waals surface area contributed by atoms with Crippen LogP contribution in [0.4, 0.5) is 5.69 Å². The fourth-order valence-corrected chi connectivity index (χ4v) is 2.64. The minimum Gasteiger partial charge on any atom is -0.381 e. The Morgan fingerprint density at radius 1 is 1.40 bits per heavy atom. The molecule has 0 saturated carbocycles. The topological polar surface area (TPSA) is 37.4 Å².